The number of para-hydroxylation sites is 1. The lowest BCUT2D eigenvalue weighted by molar-refractivity contribution is 1.17. The van der Waals surface area contributed by atoms with Crippen molar-refractivity contribution < 1.29 is 0 Å². The van der Waals surface area contributed by atoms with E-state index in [9.17, 15) is 0 Å². The van der Waals surface area contributed by atoms with Gasteiger partial charge in [-0.15, -0.1) is 0 Å². The van der Waals surface area contributed by atoms with E-state index >= 15 is 0 Å². The summed E-state index contributed by atoms with van der Waals surface area (Å²) in [5.74, 6) is 0. The van der Waals surface area contributed by atoms with Crippen LogP contribution in [0.2, 0.25) is 0 Å². The molecule has 0 aliphatic heterocycles. The Bertz CT molecular complexity index is 2460. The van der Waals surface area contributed by atoms with Crippen LogP contribution in [0.25, 0.3) is 83.5 Å². The van der Waals surface area contributed by atoms with Gasteiger partial charge in [0.25, 0.3) is 0 Å². The molecule has 0 amide bonds. The predicted molar refractivity (Wildman–Crippen MR) is 201 cm³/mol. The zero-order chi connectivity index (χ0) is 32.6. The average Bonchev–Trinajstić information content (AvgIpc) is 3.53. The molecule has 0 fully saturated rings. The molecule has 9 rings (SSSR count). The number of fused-ring (bicyclic) bond motifs is 3. The standard InChI is InChI=1S/C45H30N4/c1-3-11-31(12-4-1)34-25-35(32-13-5-2-6-14-32)27-37(26-34)42-28-36(29-43(48-42)41-16-9-10-23-47-41)33-18-20-38(21-19-33)49-44-17-8-7-15-39(44)40-22-24-46-30-45(40)49/h1-30H. The van der Waals surface area contributed by atoms with Crippen LogP contribution in [-0.2, 0) is 0 Å². The normalized spacial score (nSPS) is 11.3. The minimum atomic E-state index is 0.831. The molecule has 0 saturated carbocycles. The summed E-state index contributed by atoms with van der Waals surface area (Å²) in [7, 11) is 0. The van der Waals surface area contributed by atoms with E-state index in [1.54, 1.807) is 0 Å². The number of pyridine rings is 3. The first kappa shape index (κ1) is 28.6. The van der Waals surface area contributed by atoms with Crippen molar-refractivity contribution in [2.45, 2.75) is 0 Å². The Hall–Kier alpha value is -6.65. The van der Waals surface area contributed by atoms with Crippen LogP contribution in [-0.4, -0.2) is 19.5 Å². The summed E-state index contributed by atoms with van der Waals surface area (Å²) < 4.78 is 2.29. The van der Waals surface area contributed by atoms with E-state index in [1.807, 2.05) is 36.8 Å². The van der Waals surface area contributed by atoms with Crippen LogP contribution in [0.5, 0.6) is 0 Å². The maximum atomic E-state index is 5.22. The Balaban J connectivity index is 1.20. The van der Waals surface area contributed by atoms with Crippen molar-refractivity contribution in [3.8, 4) is 61.7 Å². The first-order valence-corrected chi connectivity index (χ1v) is 16.4. The fourth-order valence-corrected chi connectivity index (χ4v) is 6.76. The van der Waals surface area contributed by atoms with Crippen LogP contribution >= 0.6 is 0 Å². The molecule has 0 spiro atoms. The molecule has 0 bridgehead atoms. The Labute approximate surface area is 284 Å². The zero-order valence-electron chi connectivity index (χ0n) is 26.6. The number of hydrogen-bond donors (Lipinski definition) is 0. The van der Waals surface area contributed by atoms with Crippen LogP contribution in [0.15, 0.2) is 182 Å². The number of hydrogen-bond acceptors (Lipinski definition) is 3. The number of nitrogens with zero attached hydrogens (tertiary/aromatic N) is 4. The molecule has 0 unspecified atom stereocenters. The van der Waals surface area contributed by atoms with Gasteiger partial charge in [0.05, 0.1) is 34.3 Å². The Morgan fingerprint density at radius 3 is 1.67 bits per heavy atom. The zero-order valence-corrected chi connectivity index (χ0v) is 26.6. The lowest BCUT2D eigenvalue weighted by Crippen LogP contribution is -1.95. The van der Waals surface area contributed by atoms with E-state index in [1.165, 1.54) is 21.9 Å². The molecule has 230 valence electrons. The van der Waals surface area contributed by atoms with Crippen molar-refractivity contribution in [1.82, 2.24) is 19.5 Å². The minimum absolute atomic E-state index is 0.831. The van der Waals surface area contributed by atoms with Gasteiger partial charge in [0, 0.05) is 34.4 Å². The maximum Gasteiger partial charge on any atom is 0.0899 e. The van der Waals surface area contributed by atoms with Crippen molar-refractivity contribution in [3.05, 3.63) is 182 Å². The van der Waals surface area contributed by atoms with Crippen LogP contribution in [0.1, 0.15) is 0 Å². The van der Waals surface area contributed by atoms with Gasteiger partial charge in [-0.1, -0.05) is 97.1 Å². The highest BCUT2D eigenvalue weighted by molar-refractivity contribution is 6.08. The summed E-state index contributed by atoms with van der Waals surface area (Å²) in [6.45, 7) is 0. The molecule has 0 N–H and O–H groups in total. The second kappa shape index (κ2) is 12.2. The number of rotatable bonds is 6. The largest absolute Gasteiger partial charge is 0.308 e. The van der Waals surface area contributed by atoms with Gasteiger partial charge in [-0.25, -0.2) is 4.98 Å². The summed E-state index contributed by atoms with van der Waals surface area (Å²) in [6.07, 6.45) is 5.63. The molecule has 0 atom stereocenters. The quantitative estimate of drug-likeness (QED) is 0.184. The molecule has 9 aromatic rings. The minimum Gasteiger partial charge on any atom is -0.308 e. The molecule has 0 aliphatic rings. The van der Waals surface area contributed by atoms with E-state index in [4.69, 9.17) is 4.98 Å². The first-order chi connectivity index (χ1) is 24.3. The second-order valence-electron chi connectivity index (χ2n) is 12.2. The maximum absolute atomic E-state index is 5.22. The van der Waals surface area contributed by atoms with Gasteiger partial charge < -0.3 is 4.57 Å². The van der Waals surface area contributed by atoms with E-state index < -0.39 is 0 Å². The summed E-state index contributed by atoms with van der Waals surface area (Å²) in [6, 6.07) is 57.6. The molecule has 4 heteroatoms. The van der Waals surface area contributed by atoms with Crippen LogP contribution in [0.3, 0.4) is 0 Å². The highest BCUT2D eigenvalue weighted by atomic mass is 15.0. The third-order valence-electron chi connectivity index (χ3n) is 9.13. The van der Waals surface area contributed by atoms with Crippen molar-refractivity contribution in [2.24, 2.45) is 0 Å². The molecule has 49 heavy (non-hydrogen) atoms. The topological polar surface area (TPSA) is 43.6 Å². The molecule has 0 radical (unpaired) electrons. The molecular formula is C45H30N4. The van der Waals surface area contributed by atoms with Gasteiger partial charge >= 0.3 is 0 Å². The van der Waals surface area contributed by atoms with E-state index in [-0.39, 0.29) is 0 Å². The Kier molecular flexibility index (Phi) is 7.10. The van der Waals surface area contributed by atoms with E-state index in [0.717, 1.165) is 61.6 Å². The van der Waals surface area contributed by atoms with Crippen molar-refractivity contribution in [2.75, 3.05) is 0 Å². The van der Waals surface area contributed by atoms with Gasteiger partial charge in [-0.2, -0.15) is 0 Å². The molecule has 4 aromatic heterocycles. The Morgan fingerprint density at radius 1 is 0.367 bits per heavy atom. The van der Waals surface area contributed by atoms with Crippen LogP contribution < -0.4 is 0 Å². The molecule has 0 aliphatic carbocycles. The third kappa shape index (κ3) is 5.35. The summed E-state index contributed by atoms with van der Waals surface area (Å²) in [5, 5.41) is 2.41. The monoisotopic (exact) mass is 626 g/mol. The molecular weight excluding hydrogens is 597 g/mol. The van der Waals surface area contributed by atoms with E-state index in [2.05, 4.69) is 160 Å². The molecule has 4 heterocycles. The second-order valence-corrected chi connectivity index (χ2v) is 12.2. The van der Waals surface area contributed by atoms with Crippen LogP contribution in [0, 0.1) is 0 Å². The fraction of sp³-hybridized carbons (Fsp3) is 0. The molecule has 4 nitrogen and oxygen atoms in total. The van der Waals surface area contributed by atoms with Crippen molar-refractivity contribution in [3.63, 3.8) is 0 Å². The average molecular weight is 627 g/mol. The molecule has 0 saturated heterocycles. The summed E-state index contributed by atoms with van der Waals surface area (Å²) in [4.78, 5) is 14.4. The van der Waals surface area contributed by atoms with Gasteiger partial charge in [0.1, 0.15) is 0 Å². The highest BCUT2D eigenvalue weighted by Gasteiger charge is 2.15. The van der Waals surface area contributed by atoms with Gasteiger partial charge in [0.2, 0.25) is 0 Å². The predicted octanol–water partition coefficient (Wildman–Crippen LogP) is 11.3. The first-order valence-electron chi connectivity index (χ1n) is 16.4. The SMILES string of the molecule is c1ccc(-c2cc(-c3ccccc3)cc(-c3cc(-c4ccc(-n5c6ccccc6c6ccncc65)cc4)cc(-c4ccccn4)n3)c2)cc1. The summed E-state index contributed by atoms with van der Waals surface area (Å²) >= 11 is 0. The van der Waals surface area contributed by atoms with Crippen LogP contribution in [0.4, 0.5) is 0 Å². The van der Waals surface area contributed by atoms with Gasteiger partial charge in [0.15, 0.2) is 0 Å². The van der Waals surface area contributed by atoms with Gasteiger partial charge in [-0.05, 0) is 100 Å². The number of benzene rings is 5. The van der Waals surface area contributed by atoms with E-state index in [0.29, 0.717) is 0 Å². The van der Waals surface area contributed by atoms with Crippen molar-refractivity contribution >= 4 is 21.8 Å². The van der Waals surface area contributed by atoms with Gasteiger partial charge in [-0.3, -0.25) is 9.97 Å². The molecule has 5 aromatic carbocycles. The fourth-order valence-electron chi connectivity index (χ4n) is 6.76. The smallest absolute Gasteiger partial charge is 0.0899 e. The number of aromatic nitrogens is 4. The van der Waals surface area contributed by atoms with Crippen molar-refractivity contribution in [1.29, 1.82) is 0 Å². The Morgan fingerprint density at radius 2 is 0.959 bits per heavy atom. The highest BCUT2D eigenvalue weighted by Crippen LogP contribution is 2.36. The third-order valence-corrected chi connectivity index (χ3v) is 9.13. The summed E-state index contributed by atoms with van der Waals surface area (Å²) in [5.41, 5.74) is 13.8. The lowest BCUT2D eigenvalue weighted by atomic mass is 9.94. The lowest BCUT2D eigenvalue weighted by Gasteiger charge is -2.14.